The van der Waals surface area contributed by atoms with Gasteiger partial charge < -0.3 is 25.3 Å². The van der Waals surface area contributed by atoms with E-state index in [1.807, 2.05) is 0 Å². The molecule has 3 N–H and O–H groups in total. The maximum Gasteiger partial charge on any atom is 0.256 e. The van der Waals surface area contributed by atoms with Crippen molar-refractivity contribution >= 4 is 35.1 Å². The fraction of sp³-hybridized carbons (Fsp3) is 0.375. The SMILES string of the molecule is Cc1[nH]c(/C=C2\C(=O)Nc3ccc(F)cc32)c(C)c1C(=O)NCC(C)C(=O)N1CCOCC1. The molecule has 33 heavy (non-hydrogen) atoms. The average molecular weight is 455 g/mol. The van der Waals surface area contributed by atoms with Crippen LogP contribution < -0.4 is 10.6 Å². The third-order valence-corrected chi connectivity index (χ3v) is 6.07. The molecule has 1 saturated heterocycles. The Morgan fingerprint density at radius 3 is 2.73 bits per heavy atom. The first-order valence-electron chi connectivity index (χ1n) is 10.9. The van der Waals surface area contributed by atoms with Gasteiger partial charge in [0.25, 0.3) is 11.8 Å². The predicted octanol–water partition coefficient (Wildman–Crippen LogP) is 2.49. The smallest absolute Gasteiger partial charge is 0.256 e. The first-order valence-corrected chi connectivity index (χ1v) is 10.9. The third kappa shape index (κ3) is 4.54. The number of aryl methyl sites for hydroxylation is 1. The molecule has 2 aromatic rings. The molecule has 3 heterocycles. The molecule has 8 nitrogen and oxygen atoms in total. The van der Waals surface area contributed by atoms with Crippen LogP contribution in [-0.4, -0.2) is 60.5 Å². The van der Waals surface area contributed by atoms with E-state index in [4.69, 9.17) is 4.74 Å². The molecule has 2 aliphatic heterocycles. The Kier molecular flexibility index (Phi) is 6.33. The Bertz CT molecular complexity index is 1150. The first-order chi connectivity index (χ1) is 15.8. The number of amides is 3. The van der Waals surface area contributed by atoms with Crippen molar-refractivity contribution in [3.05, 3.63) is 52.1 Å². The molecule has 1 unspecified atom stereocenters. The van der Waals surface area contributed by atoms with Gasteiger partial charge >= 0.3 is 0 Å². The summed E-state index contributed by atoms with van der Waals surface area (Å²) in [5.41, 5.74) is 3.72. The number of hydrogen-bond acceptors (Lipinski definition) is 4. The largest absolute Gasteiger partial charge is 0.378 e. The normalized spacial score (nSPS) is 17.6. The molecule has 0 saturated carbocycles. The molecule has 0 spiro atoms. The highest BCUT2D eigenvalue weighted by Crippen LogP contribution is 2.34. The molecular weight excluding hydrogens is 427 g/mol. The predicted molar refractivity (Wildman–Crippen MR) is 122 cm³/mol. The summed E-state index contributed by atoms with van der Waals surface area (Å²) in [5.74, 6) is -1.43. The lowest BCUT2D eigenvalue weighted by Crippen LogP contribution is -2.45. The number of benzene rings is 1. The minimum Gasteiger partial charge on any atom is -0.378 e. The molecule has 0 radical (unpaired) electrons. The maximum absolute atomic E-state index is 13.7. The lowest BCUT2D eigenvalue weighted by molar-refractivity contribution is -0.138. The highest BCUT2D eigenvalue weighted by atomic mass is 19.1. The van der Waals surface area contributed by atoms with Crippen molar-refractivity contribution in [2.75, 3.05) is 38.2 Å². The number of H-pyrrole nitrogens is 1. The highest BCUT2D eigenvalue weighted by molar-refractivity contribution is 6.34. The van der Waals surface area contributed by atoms with Crippen LogP contribution in [0.3, 0.4) is 0 Å². The van der Waals surface area contributed by atoms with Gasteiger partial charge in [-0.05, 0) is 43.7 Å². The van der Waals surface area contributed by atoms with Gasteiger partial charge in [0.15, 0.2) is 0 Å². The van der Waals surface area contributed by atoms with Crippen LogP contribution in [0.5, 0.6) is 0 Å². The number of ether oxygens (including phenoxy) is 1. The van der Waals surface area contributed by atoms with Crippen LogP contribution in [0.15, 0.2) is 18.2 Å². The Labute approximate surface area is 191 Å². The van der Waals surface area contributed by atoms with Gasteiger partial charge in [-0.2, -0.15) is 0 Å². The van der Waals surface area contributed by atoms with E-state index < -0.39 is 5.82 Å². The molecule has 2 aliphatic rings. The van der Waals surface area contributed by atoms with Crippen LogP contribution in [0.2, 0.25) is 0 Å². The standard InChI is InChI=1S/C24H27FN4O4/c1-13(24(32)29-6-8-33-9-7-29)12-26-23(31)21-14(2)20(27-15(21)3)11-18-17-10-16(25)4-5-19(17)28-22(18)30/h4-5,10-11,13,27H,6-9,12H2,1-3H3,(H,26,31)(H,28,30)/b18-11-. The van der Waals surface area contributed by atoms with E-state index >= 15 is 0 Å². The lowest BCUT2D eigenvalue weighted by atomic mass is 10.0. The second-order valence-corrected chi connectivity index (χ2v) is 8.41. The monoisotopic (exact) mass is 454 g/mol. The number of aromatic nitrogens is 1. The van der Waals surface area contributed by atoms with Gasteiger partial charge in [0.05, 0.1) is 30.3 Å². The van der Waals surface area contributed by atoms with E-state index in [1.54, 1.807) is 31.7 Å². The van der Waals surface area contributed by atoms with Gasteiger partial charge in [0, 0.05) is 42.3 Å². The minimum atomic E-state index is -0.434. The molecule has 9 heteroatoms. The summed E-state index contributed by atoms with van der Waals surface area (Å²) in [6, 6.07) is 4.12. The topological polar surface area (TPSA) is 104 Å². The quantitative estimate of drug-likeness (QED) is 0.604. The zero-order valence-electron chi connectivity index (χ0n) is 18.9. The fourth-order valence-electron chi connectivity index (χ4n) is 4.22. The molecule has 3 amide bonds. The molecule has 0 bridgehead atoms. The second kappa shape index (κ2) is 9.19. The second-order valence-electron chi connectivity index (χ2n) is 8.41. The summed E-state index contributed by atoms with van der Waals surface area (Å²) in [6.07, 6.45) is 1.63. The van der Waals surface area contributed by atoms with Crippen molar-refractivity contribution < 1.29 is 23.5 Å². The zero-order valence-corrected chi connectivity index (χ0v) is 18.9. The van der Waals surface area contributed by atoms with Gasteiger partial charge in [0.2, 0.25) is 5.91 Å². The molecule has 1 atom stereocenters. The summed E-state index contributed by atoms with van der Waals surface area (Å²) < 4.78 is 19.0. The number of morpholine rings is 1. The van der Waals surface area contributed by atoms with Gasteiger partial charge in [0.1, 0.15) is 5.82 Å². The summed E-state index contributed by atoms with van der Waals surface area (Å²) >= 11 is 0. The van der Waals surface area contributed by atoms with Crippen LogP contribution in [0.1, 0.15) is 39.8 Å². The number of carbonyl (C=O) groups is 3. The molecular formula is C24H27FN4O4. The Morgan fingerprint density at radius 1 is 1.27 bits per heavy atom. The Morgan fingerprint density at radius 2 is 2.00 bits per heavy atom. The number of rotatable bonds is 5. The number of nitrogens with zero attached hydrogens (tertiary/aromatic N) is 1. The number of fused-ring (bicyclic) bond motifs is 1. The van der Waals surface area contributed by atoms with Crippen LogP contribution in [0.25, 0.3) is 11.6 Å². The van der Waals surface area contributed by atoms with Crippen molar-refractivity contribution in [2.45, 2.75) is 20.8 Å². The van der Waals surface area contributed by atoms with Crippen LogP contribution in [-0.2, 0) is 14.3 Å². The van der Waals surface area contributed by atoms with Crippen LogP contribution in [0, 0.1) is 25.6 Å². The van der Waals surface area contributed by atoms with E-state index in [0.29, 0.717) is 65.6 Å². The fourth-order valence-corrected chi connectivity index (χ4v) is 4.22. The zero-order chi connectivity index (χ0) is 23.7. The van der Waals surface area contributed by atoms with E-state index in [1.165, 1.54) is 18.2 Å². The summed E-state index contributed by atoms with van der Waals surface area (Å²) in [7, 11) is 0. The van der Waals surface area contributed by atoms with Gasteiger partial charge in [-0.1, -0.05) is 6.92 Å². The highest BCUT2D eigenvalue weighted by Gasteiger charge is 2.27. The number of hydrogen-bond donors (Lipinski definition) is 3. The van der Waals surface area contributed by atoms with Crippen molar-refractivity contribution in [3.8, 4) is 0 Å². The molecule has 4 rings (SSSR count). The first kappa shape index (κ1) is 22.7. The Balaban J connectivity index is 1.49. The van der Waals surface area contributed by atoms with E-state index in [2.05, 4.69) is 15.6 Å². The van der Waals surface area contributed by atoms with Gasteiger partial charge in [-0.25, -0.2) is 4.39 Å². The van der Waals surface area contributed by atoms with E-state index in [0.717, 1.165) is 0 Å². The molecule has 0 aliphatic carbocycles. The molecule has 174 valence electrons. The van der Waals surface area contributed by atoms with Crippen molar-refractivity contribution in [2.24, 2.45) is 5.92 Å². The minimum absolute atomic E-state index is 0.00956. The summed E-state index contributed by atoms with van der Waals surface area (Å²) in [5, 5.41) is 5.57. The Hall–Kier alpha value is -3.46. The van der Waals surface area contributed by atoms with Crippen LogP contribution in [0.4, 0.5) is 10.1 Å². The average Bonchev–Trinajstić information content (AvgIpc) is 3.26. The molecule has 1 fully saturated rings. The van der Waals surface area contributed by atoms with E-state index in [9.17, 15) is 18.8 Å². The lowest BCUT2D eigenvalue weighted by Gasteiger charge is -2.29. The van der Waals surface area contributed by atoms with Crippen molar-refractivity contribution in [3.63, 3.8) is 0 Å². The number of nitrogens with one attached hydrogen (secondary N) is 3. The van der Waals surface area contributed by atoms with Gasteiger partial charge in [-0.3, -0.25) is 14.4 Å². The third-order valence-electron chi connectivity index (χ3n) is 6.07. The summed E-state index contributed by atoms with van der Waals surface area (Å²) in [4.78, 5) is 42.8. The summed E-state index contributed by atoms with van der Waals surface area (Å²) in [6.45, 7) is 7.74. The number of aromatic amines is 1. The molecule has 1 aromatic carbocycles. The molecule has 1 aromatic heterocycles. The van der Waals surface area contributed by atoms with Crippen LogP contribution >= 0.6 is 0 Å². The number of anilines is 1. The van der Waals surface area contributed by atoms with E-state index in [-0.39, 0.29) is 30.2 Å². The maximum atomic E-state index is 13.7. The van der Waals surface area contributed by atoms with Crippen molar-refractivity contribution in [1.29, 1.82) is 0 Å². The number of halogens is 1. The number of carbonyl (C=O) groups excluding carboxylic acids is 3. The van der Waals surface area contributed by atoms with Crippen molar-refractivity contribution in [1.82, 2.24) is 15.2 Å². The van der Waals surface area contributed by atoms with Gasteiger partial charge in [-0.15, -0.1) is 0 Å².